The third-order valence-electron chi connectivity index (χ3n) is 2.82. The molecule has 1 heterocycles. The number of carbonyl (C=O) groups is 1. The fraction of sp³-hybridized carbons (Fsp3) is 0.250. The summed E-state index contributed by atoms with van der Waals surface area (Å²) in [4.78, 5) is 13.9. The molecule has 1 atom stereocenters. The summed E-state index contributed by atoms with van der Waals surface area (Å²) in [6.45, 7) is 1.90. The first-order chi connectivity index (χ1) is 7.99. The molecule has 17 heavy (non-hydrogen) atoms. The fourth-order valence-corrected chi connectivity index (χ4v) is 2.10. The predicted octanol–water partition coefficient (Wildman–Crippen LogP) is 2.08. The van der Waals surface area contributed by atoms with Gasteiger partial charge in [-0.25, -0.2) is 0 Å². The molecule has 5 heteroatoms. The van der Waals surface area contributed by atoms with Crippen molar-refractivity contribution in [2.75, 3.05) is 0 Å². The first-order valence-electron chi connectivity index (χ1n) is 5.24. The van der Waals surface area contributed by atoms with Crippen LogP contribution in [0.3, 0.4) is 0 Å². The lowest BCUT2D eigenvalue weighted by Crippen LogP contribution is -2.32. The molecule has 4 nitrogen and oxygen atoms in total. The van der Waals surface area contributed by atoms with Crippen LogP contribution in [-0.2, 0) is 11.2 Å². The number of H-pyrrole nitrogens is 1. The molecule has 0 saturated heterocycles. The van der Waals surface area contributed by atoms with Crippen molar-refractivity contribution in [2.45, 2.75) is 19.4 Å². The molecule has 0 amide bonds. The highest BCUT2D eigenvalue weighted by molar-refractivity contribution is 6.31. The molecule has 1 aromatic heterocycles. The number of aliphatic carboxylic acids is 1. The summed E-state index contributed by atoms with van der Waals surface area (Å²) >= 11 is 5.90. The number of aromatic amines is 1. The van der Waals surface area contributed by atoms with Gasteiger partial charge in [-0.3, -0.25) is 4.79 Å². The Bertz CT molecular complexity index is 577. The van der Waals surface area contributed by atoms with E-state index in [1.807, 2.05) is 19.1 Å². The van der Waals surface area contributed by atoms with E-state index < -0.39 is 12.0 Å². The Hall–Kier alpha value is -1.52. The van der Waals surface area contributed by atoms with Gasteiger partial charge >= 0.3 is 5.97 Å². The van der Waals surface area contributed by atoms with E-state index >= 15 is 0 Å². The molecule has 0 aliphatic carbocycles. The number of aromatic nitrogens is 1. The third-order valence-corrected chi connectivity index (χ3v) is 3.06. The van der Waals surface area contributed by atoms with Crippen LogP contribution in [0.15, 0.2) is 18.2 Å². The van der Waals surface area contributed by atoms with Crippen LogP contribution in [0.5, 0.6) is 0 Å². The maximum atomic E-state index is 10.8. The van der Waals surface area contributed by atoms with Crippen molar-refractivity contribution in [1.82, 2.24) is 4.98 Å². The minimum Gasteiger partial charge on any atom is -0.480 e. The number of carboxylic acids is 1. The van der Waals surface area contributed by atoms with E-state index in [0.717, 1.165) is 22.2 Å². The van der Waals surface area contributed by atoms with E-state index in [-0.39, 0.29) is 0 Å². The van der Waals surface area contributed by atoms with Gasteiger partial charge in [-0.05, 0) is 24.6 Å². The van der Waals surface area contributed by atoms with Crippen LogP contribution in [0.4, 0.5) is 0 Å². The smallest absolute Gasteiger partial charge is 0.320 e. The summed E-state index contributed by atoms with van der Waals surface area (Å²) in [5.74, 6) is -0.993. The number of hydrogen-bond donors (Lipinski definition) is 3. The average Bonchev–Trinajstić information content (AvgIpc) is 2.54. The monoisotopic (exact) mass is 252 g/mol. The summed E-state index contributed by atoms with van der Waals surface area (Å²) in [5, 5.41) is 10.5. The van der Waals surface area contributed by atoms with E-state index in [1.165, 1.54) is 0 Å². The molecule has 0 aliphatic heterocycles. The molecule has 1 unspecified atom stereocenters. The quantitative estimate of drug-likeness (QED) is 0.783. The third kappa shape index (κ3) is 2.28. The van der Waals surface area contributed by atoms with E-state index in [2.05, 4.69) is 4.98 Å². The number of aryl methyl sites for hydroxylation is 1. The Morgan fingerprint density at radius 1 is 1.59 bits per heavy atom. The van der Waals surface area contributed by atoms with Crippen molar-refractivity contribution >= 4 is 28.5 Å². The highest BCUT2D eigenvalue weighted by Gasteiger charge is 2.17. The minimum atomic E-state index is -0.993. The summed E-state index contributed by atoms with van der Waals surface area (Å²) < 4.78 is 0. The highest BCUT2D eigenvalue weighted by Crippen LogP contribution is 2.25. The van der Waals surface area contributed by atoms with Crippen molar-refractivity contribution < 1.29 is 9.90 Å². The van der Waals surface area contributed by atoms with E-state index in [1.54, 1.807) is 6.07 Å². The van der Waals surface area contributed by atoms with Gasteiger partial charge in [-0.2, -0.15) is 0 Å². The normalized spacial score (nSPS) is 12.9. The molecule has 0 bridgehead atoms. The molecule has 0 saturated carbocycles. The van der Waals surface area contributed by atoms with Crippen LogP contribution < -0.4 is 5.73 Å². The Morgan fingerprint density at radius 2 is 2.29 bits per heavy atom. The SMILES string of the molecule is Cc1[nH]c2cc(Cl)ccc2c1CC(N)C(=O)O. The molecular weight excluding hydrogens is 240 g/mol. The Labute approximate surface area is 103 Å². The van der Waals surface area contributed by atoms with Gasteiger partial charge in [0.25, 0.3) is 0 Å². The van der Waals surface area contributed by atoms with Gasteiger partial charge in [0.2, 0.25) is 0 Å². The Morgan fingerprint density at radius 3 is 2.94 bits per heavy atom. The van der Waals surface area contributed by atoms with Gasteiger partial charge in [-0.15, -0.1) is 0 Å². The zero-order chi connectivity index (χ0) is 12.6. The van der Waals surface area contributed by atoms with Crippen LogP contribution in [-0.4, -0.2) is 22.1 Å². The molecule has 2 rings (SSSR count). The van der Waals surface area contributed by atoms with E-state index in [9.17, 15) is 4.79 Å². The largest absolute Gasteiger partial charge is 0.480 e. The number of halogens is 1. The van der Waals surface area contributed by atoms with Gasteiger partial charge in [0.05, 0.1) is 0 Å². The van der Waals surface area contributed by atoms with Gasteiger partial charge in [0.1, 0.15) is 6.04 Å². The van der Waals surface area contributed by atoms with E-state index in [0.29, 0.717) is 11.4 Å². The number of fused-ring (bicyclic) bond motifs is 1. The van der Waals surface area contributed by atoms with Crippen molar-refractivity contribution in [1.29, 1.82) is 0 Å². The topological polar surface area (TPSA) is 79.1 Å². The van der Waals surface area contributed by atoms with Crippen LogP contribution in [0.25, 0.3) is 10.9 Å². The summed E-state index contributed by atoms with van der Waals surface area (Å²) in [6, 6.07) is 4.60. The summed E-state index contributed by atoms with van der Waals surface area (Å²) in [6.07, 6.45) is 0.308. The summed E-state index contributed by atoms with van der Waals surface area (Å²) in [7, 11) is 0. The lowest BCUT2D eigenvalue weighted by atomic mass is 10.0. The number of nitrogens with one attached hydrogen (secondary N) is 1. The number of hydrogen-bond acceptors (Lipinski definition) is 2. The van der Waals surface area contributed by atoms with Crippen molar-refractivity contribution in [3.63, 3.8) is 0 Å². The zero-order valence-corrected chi connectivity index (χ0v) is 10.1. The van der Waals surface area contributed by atoms with Crippen LogP contribution >= 0.6 is 11.6 Å². The van der Waals surface area contributed by atoms with Gasteiger partial charge < -0.3 is 15.8 Å². The van der Waals surface area contributed by atoms with Crippen molar-refractivity contribution in [2.24, 2.45) is 5.73 Å². The average molecular weight is 253 g/mol. The number of benzene rings is 1. The zero-order valence-electron chi connectivity index (χ0n) is 9.33. The second-order valence-corrected chi connectivity index (χ2v) is 4.50. The standard InChI is InChI=1S/C12H13ClN2O2/c1-6-9(5-10(14)12(16)17)8-3-2-7(13)4-11(8)15-6/h2-4,10,15H,5,14H2,1H3,(H,16,17). The lowest BCUT2D eigenvalue weighted by molar-refractivity contribution is -0.138. The molecule has 2 aromatic rings. The Kier molecular flexibility index (Phi) is 3.09. The molecule has 0 fully saturated rings. The van der Waals surface area contributed by atoms with Crippen molar-refractivity contribution in [3.05, 3.63) is 34.5 Å². The van der Waals surface area contributed by atoms with Gasteiger partial charge in [-0.1, -0.05) is 17.7 Å². The first kappa shape index (κ1) is 12.0. The number of nitrogens with two attached hydrogens (primary N) is 1. The first-order valence-corrected chi connectivity index (χ1v) is 5.62. The molecular formula is C12H13ClN2O2. The molecule has 4 N–H and O–H groups in total. The molecule has 0 radical (unpaired) electrons. The van der Waals surface area contributed by atoms with Gasteiger partial charge in [0, 0.05) is 28.0 Å². The maximum absolute atomic E-state index is 10.8. The maximum Gasteiger partial charge on any atom is 0.320 e. The number of carboxylic acid groups (broad SMARTS) is 1. The van der Waals surface area contributed by atoms with Crippen molar-refractivity contribution in [3.8, 4) is 0 Å². The van der Waals surface area contributed by atoms with Crippen LogP contribution in [0, 0.1) is 6.92 Å². The molecule has 1 aromatic carbocycles. The van der Waals surface area contributed by atoms with Gasteiger partial charge in [0.15, 0.2) is 0 Å². The van der Waals surface area contributed by atoms with Crippen LogP contribution in [0.2, 0.25) is 5.02 Å². The predicted molar refractivity (Wildman–Crippen MR) is 67.4 cm³/mol. The molecule has 90 valence electrons. The second-order valence-electron chi connectivity index (χ2n) is 4.07. The second kappa shape index (κ2) is 4.39. The minimum absolute atomic E-state index is 0.308. The lowest BCUT2D eigenvalue weighted by Gasteiger charge is -2.06. The van der Waals surface area contributed by atoms with Crippen LogP contribution in [0.1, 0.15) is 11.3 Å². The molecule has 0 aliphatic rings. The highest BCUT2D eigenvalue weighted by atomic mass is 35.5. The van der Waals surface area contributed by atoms with E-state index in [4.69, 9.17) is 22.4 Å². The fourth-order valence-electron chi connectivity index (χ4n) is 1.93. The Balaban J connectivity index is 2.46. The molecule has 0 spiro atoms. The number of rotatable bonds is 3. The summed E-state index contributed by atoms with van der Waals surface area (Å²) in [5.41, 5.74) is 8.33.